The van der Waals surface area contributed by atoms with Gasteiger partial charge in [-0.2, -0.15) is 13.5 Å². The van der Waals surface area contributed by atoms with E-state index in [0.29, 0.717) is 10.6 Å². The van der Waals surface area contributed by atoms with Crippen molar-refractivity contribution in [3.05, 3.63) is 41.0 Å². The number of anilines is 1. The average Bonchev–Trinajstić information content (AvgIpc) is 2.93. The fourth-order valence-corrected chi connectivity index (χ4v) is 2.60. The Balaban J connectivity index is 2.39. The third-order valence-electron chi connectivity index (χ3n) is 2.29. The zero-order valence-corrected chi connectivity index (χ0v) is 11.7. The van der Waals surface area contributed by atoms with Gasteiger partial charge >= 0.3 is 0 Å². The summed E-state index contributed by atoms with van der Waals surface area (Å²) in [5.74, 6) is 5.08. The van der Waals surface area contributed by atoms with Crippen LogP contribution in [0.5, 0.6) is 0 Å². The maximum Gasteiger partial charge on any atom is 0.278 e. The van der Waals surface area contributed by atoms with Gasteiger partial charge in [0.2, 0.25) is 0 Å². The monoisotopic (exact) mass is 311 g/mol. The Kier molecular flexibility index (Phi) is 4.29. The van der Waals surface area contributed by atoms with Crippen molar-refractivity contribution in [1.82, 2.24) is 10.2 Å². The van der Waals surface area contributed by atoms with E-state index in [1.54, 1.807) is 0 Å². The number of sulfonamides is 1. The summed E-state index contributed by atoms with van der Waals surface area (Å²) in [5.41, 5.74) is 0.639. The standard InChI is InChI=1S/C12H10ClN3O3S/c13-10-3-4-11(9(8-10)2-1-7-17)16-20(18,19)12-5-6-14-15-12/h3-6,8,16-17H,7H2,(H,14,15). The highest BCUT2D eigenvalue weighted by atomic mass is 35.5. The molecule has 0 fully saturated rings. The van der Waals surface area contributed by atoms with Gasteiger partial charge in [0, 0.05) is 5.02 Å². The van der Waals surface area contributed by atoms with Gasteiger partial charge in [-0.15, -0.1) is 0 Å². The minimum absolute atomic E-state index is 0.0616. The highest BCUT2D eigenvalue weighted by Gasteiger charge is 2.17. The van der Waals surface area contributed by atoms with Crippen molar-refractivity contribution in [1.29, 1.82) is 0 Å². The third kappa shape index (κ3) is 3.30. The Morgan fingerprint density at radius 2 is 2.20 bits per heavy atom. The zero-order valence-electron chi connectivity index (χ0n) is 10.1. The third-order valence-corrected chi connectivity index (χ3v) is 3.82. The molecule has 20 heavy (non-hydrogen) atoms. The highest BCUT2D eigenvalue weighted by molar-refractivity contribution is 7.92. The van der Waals surface area contributed by atoms with Gasteiger partial charge in [-0.05, 0) is 24.3 Å². The predicted molar refractivity (Wildman–Crippen MR) is 74.8 cm³/mol. The minimum Gasteiger partial charge on any atom is -0.384 e. The number of hydrogen-bond acceptors (Lipinski definition) is 4. The van der Waals surface area contributed by atoms with Gasteiger partial charge in [0.1, 0.15) is 6.61 Å². The number of aromatic amines is 1. The van der Waals surface area contributed by atoms with Gasteiger partial charge in [0.25, 0.3) is 10.0 Å². The van der Waals surface area contributed by atoms with E-state index in [1.165, 1.54) is 30.5 Å². The first-order chi connectivity index (χ1) is 9.53. The van der Waals surface area contributed by atoms with Gasteiger partial charge in [0.05, 0.1) is 17.4 Å². The molecule has 0 aliphatic carbocycles. The molecule has 2 rings (SSSR count). The van der Waals surface area contributed by atoms with Crippen LogP contribution in [-0.4, -0.2) is 30.3 Å². The van der Waals surface area contributed by atoms with Gasteiger partial charge < -0.3 is 5.11 Å². The summed E-state index contributed by atoms with van der Waals surface area (Å²) in [6.45, 7) is -0.334. The van der Waals surface area contributed by atoms with Crippen LogP contribution in [0, 0.1) is 11.8 Å². The summed E-state index contributed by atoms with van der Waals surface area (Å²) < 4.78 is 26.5. The number of nitrogens with zero attached hydrogens (tertiary/aromatic N) is 1. The lowest BCUT2D eigenvalue weighted by molar-refractivity contribution is 0.350. The Labute approximate surface area is 120 Å². The molecule has 0 atom stereocenters. The first kappa shape index (κ1) is 14.4. The van der Waals surface area contributed by atoms with Gasteiger partial charge in [-0.1, -0.05) is 23.4 Å². The number of halogens is 1. The summed E-state index contributed by atoms with van der Waals surface area (Å²) in [6.07, 6.45) is 1.34. The molecule has 0 saturated heterocycles. The van der Waals surface area contributed by atoms with Crippen LogP contribution in [0.15, 0.2) is 35.5 Å². The molecule has 2 aromatic rings. The molecular weight excluding hydrogens is 302 g/mol. The molecule has 8 heteroatoms. The molecule has 0 bridgehead atoms. The Hall–Kier alpha value is -2.01. The van der Waals surface area contributed by atoms with Crippen molar-refractivity contribution in [3.63, 3.8) is 0 Å². The van der Waals surface area contributed by atoms with Gasteiger partial charge in [0.15, 0.2) is 5.03 Å². The second-order valence-corrected chi connectivity index (χ2v) is 5.76. The molecule has 104 valence electrons. The van der Waals surface area contributed by atoms with E-state index in [4.69, 9.17) is 16.7 Å². The number of nitrogens with one attached hydrogen (secondary N) is 2. The van der Waals surface area contributed by atoms with Gasteiger partial charge in [-0.3, -0.25) is 9.82 Å². The number of rotatable bonds is 3. The number of benzene rings is 1. The molecular formula is C12H10ClN3O3S. The van der Waals surface area contributed by atoms with E-state index in [2.05, 4.69) is 26.8 Å². The molecule has 1 aromatic heterocycles. The summed E-state index contributed by atoms with van der Waals surface area (Å²) in [6, 6.07) is 5.88. The summed E-state index contributed by atoms with van der Waals surface area (Å²) in [4.78, 5) is 0. The van der Waals surface area contributed by atoms with Crippen molar-refractivity contribution >= 4 is 27.3 Å². The van der Waals surface area contributed by atoms with E-state index in [1.807, 2.05) is 0 Å². The van der Waals surface area contributed by atoms with Crippen LogP contribution in [0.1, 0.15) is 5.56 Å². The quantitative estimate of drug-likeness (QED) is 0.742. The van der Waals surface area contributed by atoms with Crippen molar-refractivity contribution in [2.24, 2.45) is 0 Å². The average molecular weight is 312 g/mol. The van der Waals surface area contributed by atoms with E-state index >= 15 is 0 Å². The maximum atomic E-state index is 12.1. The molecule has 0 aliphatic heterocycles. The topological polar surface area (TPSA) is 95.1 Å². The normalized spacial score (nSPS) is 10.7. The lowest BCUT2D eigenvalue weighted by Gasteiger charge is -2.08. The maximum absolute atomic E-state index is 12.1. The Morgan fingerprint density at radius 3 is 2.85 bits per heavy atom. The van der Waals surface area contributed by atoms with Gasteiger partial charge in [-0.25, -0.2) is 0 Å². The molecule has 0 saturated carbocycles. The smallest absolute Gasteiger partial charge is 0.278 e. The fourth-order valence-electron chi connectivity index (χ4n) is 1.44. The van der Waals surface area contributed by atoms with Crippen molar-refractivity contribution in [2.45, 2.75) is 5.03 Å². The highest BCUT2D eigenvalue weighted by Crippen LogP contribution is 2.22. The van der Waals surface area contributed by atoms with Crippen LogP contribution in [0.3, 0.4) is 0 Å². The van der Waals surface area contributed by atoms with Crippen LogP contribution in [0.25, 0.3) is 0 Å². The summed E-state index contributed by atoms with van der Waals surface area (Å²) >= 11 is 5.84. The number of aliphatic hydroxyl groups is 1. The zero-order chi connectivity index (χ0) is 14.6. The number of aliphatic hydroxyl groups excluding tert-OH is 1. The molecule has 1 heterocycles. The molecule has 0 aliphatic rings. The number of aromatic nitrogens is 2. The first-order valence-corrected chi connectivity index (χ1v) is 7.30. The minimum atomic E-state index is -3.77. The Bertz CT molecular complexity index is 761. The van der Waals surface area contributed by atoms with Crippen LogP contribution < -0.4 is 4.72 Å². The largest absolute Gasteiger partial charge is 0.384 e. The van der Waals surface area contributed by atoms with E-state index in [-0.39, 0.29) is 17.3 Å². The predicted octanol–water partition coefficient (Wildman–Crippen LogP) is 1.21. The van der Waals surface area contributed by atoms with Crippen LogP contribution >= 0.6 is 11.6 Å². The van der Waals surface area contributed by atoms with Crippen molar-refractivity contribution in [3.8, 4) is 11.8 Å². The molecule has 0 spiro atoms. The van der Waals surface area contributed by atoms with Crippen molar-refractivity contribution < 1.29 is 13.5 Å². The van der Waals surface area contributed by atoms with E-state index in [0.717, 1.165) is 0 Å². The summed E-state index contributed by atoms with van der Waals surface area (Å²) in [7, 11) is -3.77. The van der Waals surface area contributed by atoms with Crippen LogP contribution in [0.2, 0.25) is 5.02 Å². The lowest BCUT2D eigenvalue weighted by atomic mass is 10.2. The van der Waals surface area contributed by atoms with E-state index < -0.39 is 10.0 Å². The van der Waals surface area contributed by atoms with Crippen molar-refractivity contribution in [2.75, 3.05) is 11.3 Å². The van der Waals surface area contributed by atoms with E-state index in [9.17, 15) is 8.42 Å². The SMILES string of the molecule is O=S(=O)(Nc1ccc(Cl)cc1C#CCO)c1ccn[nH]1. The Morgan fingerprint density at radius 1 is 1.40 bits per heavy atom. The summed E-state index contributed by atoms with van der Waals surface area (Å²) in [5, 5.41) is 15.0. The molecule has 0 unspecified atom stereocenters. The molecule has 0 amide bonds. The second-order valence-electron chi connectivity index (χ2n) is 3.68. The number of hydrogen-bond donors (Lipinski definition) is 3. The fraction of sp³-hybridized carbons (Fsp3) is 0.0833. The molecule has 6 nitrogen and oxygen atoms in total. The first-order valence-electron chi connectivity index (χ1n) is 5.44. The molecule has 1 aromatic carbocycles. The van der Waals surface area contributed by atoms with Crippen LogP contribution in [0.4, 0.5) is 5.69 Å². The lowest BCUT2D eigenvalue weighted by Crippen LogP contribution is -2.14. The molecule has 0 radical (unpaired) electrons. The molecule has 3 N–H and O–H groups in total. The van der Waals surface area contributed by atoms with Crippen LogP contribution in [-0.2, 0) is 10.0 Å². The number of H-pyrrole nitrogens is 1. The second kappa shape index (κ2) is 5.96.